The van der Waals surface area contributed by atoms with Crippen LogP contribution in [0.4, 0.5) is 4.39 Å². The molecule has 1 aliphatic rings. The smallest absolute Gasteiger partial charge is 0.212 e. The minimum absolute atomic E-state index is 0.0401. The van der Waals surface area contributed by atoms with Gasteiger partial charge >= 0.3 is 0 Å². The average molecular weight is 461 g/mol. The highest BCUT2D eigenvalue weighted by atomic mass is 19.1. The molecule has 0 amide bonds. The monoisotopic (exact) mass is 460 g/mol. The summed E-state index contributed by atoms with van der Waals surface area (Å²) in [5.41, 5.74) is 3.57. The van der Waals surface area contributed by atoms with Crippen LogP contribution in [0.15, 0.2) is 66.9 Å². The Bertz CT molecular complexity index is 1120. The predicted octanol–water partition coefficient (Wildman–Crippen LogP) is 6.60. The van der Waals surface area contributed by atoms with E-state index in [1.54, 1.807) is 6.07 Å². The van der Waals surface area contributed by atoms with Gasteiger partial charge in [-0.1, -0.05) is 36.4 Å². The molecule has 0 spiro atoms. The summed E-state index contributed by atoms with van der Waals surface area (Å²) in [6.07, 6.45) is 4.09. The van der Waals surface area contributed by atoms with Crippen molar-refractivity contribution in [3.8, 4) is 16.9 Å². The zero-order valence-corrected chi connectivity index (χ0v) is 20.4. The summed E-state index contributed by atoms with van der Waals surface area (Å²) in [5, 5.41) is 3.68. The van der Waals surface area contributed by atoms with Crippen LogP contribution in [-0.4, -0.2) is 21.8 Å². The van der Waals surface area contributed by atoms with Crippen molar-refractivity contribution in [3.63, 3.8) is 0 Å². The number of rotatable bonds is 7. The van der Waals surface area contributed by atoms with Crippen LogP contribution in [0.2, 0.25) is 0 Å². The zero-order chi connectivity index (χ0) is 24.3. The van der Waals surface area contributed by atoms with Crippen molar-refractivity contribution in [1.29, 1.82) is 0 Å². The van der Waals surface area contributed by atoms with Gasteiger partial charge in [0.05, 0.1) is 0 Å². The molecule has 3 aromatic rings. The third kappa shape index (κ3) is 6.29. The van der Waals surface area contributed by atoms with Crippen LogP contribution >= 0.6 is 0 Å². The highest BCUT2D eigenvalue weighted by molar-refractivity contribution is 5.96. The minimum Gasteiger partial charge on any atom is -0.489 e. The summed E-state index contributed by atoms with van der Waals surface area (Å²) in [6.45, 7) is 9.26. The first kappa shape index (κ1) is 24.1. The van der Waals surface area contributed by atoms with Gasteiger partial charge in [-0.25, -0.2) is 4.98 Å². The van der Waals surface area contributed by atoms with Crippen LogP contribution in [-0.2, 0) is 6.61 Å². The van der Waals surface area contributed by atoms with Crippen LogP contribution in [0, 0.1) is 11.9 Å². The summed E-state index contributed by atoms with van der Waals surface area (Å²) in [7, 11) is 0. The van der Waals surface area contributed by atoms with E-state index in [0.29, 0.717) is 18.9 Å². The fourth-order valence-corrected chi connectivity index (χ4v) is 5.32. The second kappa shape index (κ2) is 9.67. The molecule has 0 unspecified atom stereocenters. The van der Waals surface area contributed by atoms with Gasteiger partial charge in [-0.2, -0.15) is 4.39 Å². The summed E-state index contributed by atoms with van der Waals surface area (Å²) in [5.74, 6) is 0.802. The van der Waals surface area contributed by atoms with E-state index in [0.717, 1.165) is 40.8 Å². The molecule has 4 rings (SSSR count). The highest BCUT2D eigenvalue weighted by Gasteiger charge is 2.38. The molecule has 1 aliphatic heterocycles. The first-order valence-corrected chi connectivity index (χ1v) is 11.8. The first-order valence-electron chi connectivity index (χ1n) is 11.8. The predicted molar refractivity (Wildman–Crippen MR) is 133 cm³/mol. The number of piperidine rings is 1. The molecular weight excluding hydrogens is 427 g/mol. The van der Waals surface area contributed by atoms with Crippen molar-refractivity contribution in [2.75, 3.05) is 0 Å². The molecule has 178 valence electrons. The number of carbonyl (C=O) groups excluding carboxylic acids is 1. The van der Waals surface area contributed by atoms with Gasteiger partial charge < -0.3 is 10.1 Å². The lowest BCUT2D eigenvalue weighted by Gasteiger charge is -2.46. The van der Waals surface area contributed by atoms with Crippen molar-refractivity contribution in [2.24, 2.45) is 5.92 Å². The maximum absolute atomic E-state index is 13.1. The number of benzene rings is 2. The van der Waals surface area contributed by atoms with Crippen LogP contribution < -0.4 is 10.1 Å². The van der Waals surface area contributed by atoms with Crippen LogP contribution in [0.25, 0.3) is 11.1 Å². The zero-order valence-electron chi connectivity index (χ0n) is 20.4. The second-order valence-corrected chi connectivity index (χ2v) is 10.7. The molecule has 0 radical (unpaired) electrons. The number of Topliss-reactive ketones (excluding diaryl/α,β-unsaturated/α-hetero) is 1. The lowest BCUT2D eigenvalue weighted by Crippen LogP contribution is -2.57. The second-order valence-electron chi connectivity index (χ2n) is 10.7. The third-order valence-electron chi connectivity index (χ3n) is 6.32. The minimum atomic E-state index is -0.499. The summed E-state index contributed by atoms with van der Waals surface area (Å²) in [4.78, 5) is 16.7. The Morgan fingerprint density at radius 2 is 1.71 bits per heavy atom. The number of pyridine rings is 1. The van der Waals surface area contributed by atoms with Crippen molar-refractivity contribution < 1.29 is 13.9 Å². The van der Waals surface area contributed by atoms with Crippen molar-refractivity contribution in [2.45, 2.75) is 64.6 Å². The van der Waals surface area contributed by atoms with Crippen LogP contribution in [0.1, 0.15) is 62.9 Å². The lowest BCUT2D eigenvalue weighted by molar-refractivity contribution is 0.0864. The summed E-state index contributed by atoms with van der Waals surface area (Å²) in [6, 6.07) is 18.4. The van der Waals surface area contributed by atoms with Crippen molar-refractivity contribution in [1.82, 2.24) is 10.3 Å². The molecule has 0 saturated carbocycles. The number of carbonyl (C=O) groups is 1. The molecule has 1 saturated heterocycles. The van der Waals surface area contributed by atoms with E-state index in [2.05, 4.69) is 38.0 Å². The van der Waals surface area contributed by atoms with Crippen molar-refractivity contribution >= 4 is 5.78 Å². The number of hydrogen-bond donors (Lipinski definition) is 1. The molecular formula is C29H33FN2O2. The largest absolute Gasteiger partial charge is 0.489 e. The van der Waals surface area contributed by atoms with E-state index in [-0.39, 0.29) is 16.9 Å². The highest BCUT2D eigenvalue weighted by Crippen LogP contribution is 2.35. The average Bonchev–Trinajstić information content (AvgIpc) is 2.76. The van der Waals surface area contributed by atoms with E-state index in [1.807, 2.05) is 48.5 Å². The number of ether oxygens (including phenoxy) is 1. The van der Waals surface area contributed by atoms with Gasteiger partial charge in [0.2, 0.25) is 5.95 Å². The Hall–Kier alpha value is -3.05. The van der Waals surface area contributed by atoms with Crippen molar-refractivity contribution in [3.05, 3.63) is 83.9 Å². The third-order valence-corrected chi connectivity index (χ3v) is 6.32. The molecule has 5 heteroatoms. The van der Waals surface area contributed by atoms with E-state index in [4.69, 9.17) is 4.74 Å². The lowest BCUT2D eigenvalue weighted by atomic mass is 9.74. The normalized spacial score (nSPS) is 17.3. The molecule has 0 bridgehead atoms. The van der Waals surface area contributed by atoms with Gasteiger partial charge in [-0.05, 0) is 81.8 Å². The Morgan fingerprint density at radius 1 is 1.00 bits per heavy atom. The molecule has 34 heavy (non-hydrogen) atoms. The van der Waals surface area contributed by atoms with Gasteiger partial charge in [-0.3, -0.25) is 4.79 Å². The number of aromatic nitrogens is 1. The maximum atomic E-state index is 13.1. The number of halogens is 1. The number of ketones is 1. The van der Waals surface area contributed by atoms with Gasteiger partial charge in [0.1, 0.15) is 12.4 Å². The number of hydrogen-bond acceptors (Lipinski definition) is 4. The van der Waals surface area contributed by atoms with E-state index in [1.165, 1.54) is 12.3 Å². The SMILES string of the molecule is CC1(C)CC(CC(=O)c2ccc(COc3cccc(-c4ccc(F)nc4)c3)cc2)CC(C)(C)N1. The van der Waals surface area contributed by atoms with Crippen LogP contribution in [0.3, 0.4) is 0 Å². The number of nitrogens with one attached hydrogen (secondary N) is 1. The Balaban J connectivity index is 1.35. The molecule has 1 N–H and O–H groups in total. The quantitative estimate of drug-likeness (QED) is 0.319. The topological polar surface area (TPSA) is 51.2 Å². The molecule has 2 aromatic carbocycles. The van der Waals surface area contributed by atoms with Crippen LogP contribution in [0.5, 0.6) is 5.75 Å². The van der Waals surface area contributed by atoms with E-state index < -0.39 is 5.95 Å². The van der Waals surface area contributed by atoms with Gasteiger partial charge in [0.15, 0.2) is 5.78 Å². The van der Waals surface area contributed by atoms with Gasteiger partial charge in [0.25, 0.3) is 0 Å². The fraction of sp³-hybridized carbons (Fsp3) is 0.379. The molecule has 4 nitrogen and oxygen atoms in total. The van der Waals surface area contributed by atoms with E-state index >= 15 is 0 Å². The molecule has 0 atom stereocenters. The Morgan fingerprint density at radius 3 is 2.35 bits per heavy atom. The standard InChI is InChI=1S/C29H33FN2O2/c1-28(2)16-21(17-29(3,4)32-28)14-26(33)22-10-8-20(9-11-22)19-34-25-7-5-6-23(15-25)24-12-13-27(30)31-18-24/h5-13,15,18,21,32H,14,16-17,19H2,1-4H3. The molecule has 0 aliphatic carbocycles. The van der Waals surface area contributed by atoms with Gasteiger partial charge in [-0.15, -0.1) is 0 Å². The number of nitrogens with zero attached hydrogens (tertiary/aromatic N) is 1. The van der Waals surface area contributed by atoms with Gasteiger partial charge in [0, 0.05) is 34.8 Å². The first-order chi connectivity index (χ1) is 16.1. The molecule has 1 fully saturated rings. The maximum Gasteiger partial charge on any atom is 0.212 e. The molecule has 1 aromatic heterocycles. The Kier molecular flexibility index (Phi) is 6.85. The Labute approximate surface area is 201 Å². The molecule has 2 heterocycles. The van der Waals surface area contributed by atoms with E-state index in [9.17, 15) is 9.18 Å². The summed E-state index contributed by atoms with van der Waals surface area (Å²) >= 11 is 0. The fourth-order valence-electron chi connectivity index (χ4n) is 5.32. The summed E-state index contributed by atoms with van der Waals surface area (Å²) < 4.78 is 19.0.